The third kappa shape index (κ3) is 3.63. The molecule has 0 N–H and O–H groups in total. The van der Waals surface area contributed by atoms with Crippen LogP contribution in [0.2, 0.25) is 0 Å². The predicted octanol–water partition coefficient (Wildman–Crippen LogP) is 3.05. The molecule has 0 aliphatic rings. The van der Waals surface area contributed by atoms with Crippen LogP contribution in [0.3, 0.4) is 0 Å². The maximum Gasteiger partial charge on any atom is 0.368 e. The molecular formula is C22H24N6O2. The molecule has 4 rings (SSSR count). The van der Waals surface area contributed by atoms with E-state index in [9.17, 15) is 4.79 Å². The molecule has 2 aromatic heterocycles. The highest BCUT2D eigenvalue weighted by molar-refractivity contribution is 5.61. The number of aryl methyl sites for hydroxylation is 4. The van der Waals surface area contributed by atoms with Crippen molar-refractivity contribution in [3.8, 4) is 22.7 Å². The molecule has 154 valence electrons. The standard InChI is InChI=1S/C22H24N6O2/c1-5-27-12-11-19(23-27)17-9-10-21(16(3)13-17)30-14-18-15(2)7-6-8-20(18)28-22(29)26(4)24-25-28/h6-13H,5,14H2,1-4H3. The van der Waals surface area contributed by atoms with Crippen molar-refractivity contribution in [2.75, 3.05) is 0 Å². The quantitative estimate of drug-likeness (QED) is 0.493. The van der Waals surface area contributed by atoms with Gasteiger partial charge in [0.15, 0.2) is 0 Å². The van der Waals surface area contributed by atoms with Crippen LogP contribution in [0.5, 0.6) is 5.75 Å². The fourth-order valence-corrected chi connectivity index (χ4v) is 3.35. The van der Waals surface area contributed by atoms with Crippen molar-refractivity contribution >= 4 is 0 Å². The second kappa shape index (κ2) is 7.98. The Bertz CT molecular complexity index is 1250. The van der Waals surface area contributed by atoms with E-state index in [4.69, 9.17) is 4.74 Å². The summed E-state index contributed by atoms with van der Waals surface area (Å²) in [6, 6.07) is 13.8. The number of benzene rings is 2. The summed E-state index contributed by atoms with van der Waals surface area (Å²) in [5.74, 6) is 0.786. The van der Waals surface area contributed by atoms with E-state index < -0.39 is 0 Å². The zero-order valence-corrected chi connectivity index (χ0v) is 17.5. The average molecular weight is 404 g/mol. The van der Waals surface area contributed by atoms with Crippen molar-refractivity contribution in [2.24, 2.45) is 7.05 Å². The summed E-state index contributed by atoms with van der Waals surface area (Å²) in [4.78, 5) is 12.3. The van der Waals surface area contributed by atoms with Crippen molar-refractivity contribution in [1.29, 1.82) is 0 Å². The lowest BCUT2D eigenvalue weighted by atomic mass is 10.1. The number of hydrogen-bond acceptors (Lipinski definition) is 5. The van der Waals surface area contributed by atoms with Gasteiger partial charge in [0.25, 0.3) is 0 Å². The Morgan fingerprint density at radius 3 is 2.53 bits per heavy atom. The molecule has 30 heavy (non-hydrogen) atoms. The number of rotatable bonds is 6. The molecule has 0 fully saturated rings. The number of hydrogen-bond donors (Lipinski definition) is 0. The molecule has 0 saturated carbocycles. The Labute approximate surface area is 174 Å². The molecule has 2 heterocycles. The van der Waals surface area contributed by atoms with Crippen LogP contribution in [0.4, 0.5) is 0 Å². The van der Waals surface area contributed by atoms with Crippen LogP contribution in [0.25, 0.3) is 16.9 Å². The van der Waals surface area contributed by atoms with Gasteiger partial charge >= 0.3 is 5.69 Å². The third-order valence-electron chi connectivity index (χ3n) is 5.14. The Hall–Kier alpha value is -3.68. The first kappa shape index (κ1) is 19.6. The van der Waals surface area contributed by atoms with Crippen molar-refractivity contribution in [3.63, 3.8) is 0 Å². The van der Waals surface area contributed by atoms with Crippen molar-refractivity contribution in [2.45, 2.75) is 33.9 Å². The zero-order chi connectivity index (χ0) is 21.3. The van der Waals surface area contributed by atoms with Gasteiger partial charge in [0.1, 0.15) is 12.4 Å². The van der Waals surface area contributed by atoms with Gasteiger partial charge in [-0.25, -0.2) is 4.79 Å². The largest absolute Gasteiger partial charge is 0.489 e. The third-order valence-corrected chi connectivity index (χ3v) is 5.14. The van der Waals surface area contributed by atoms with Crippen LogP contribution < -0.4 is 10.4 Å². The molecule has 2 aromatic carbocycles. The number of ether oxygens (including phenoxy) is 1. The van der Waals surface area contributed by atoms with Gasteiger partial charge in [-0.05, 0) is 72.7 Å². The van der Waals surface area contributed by atoms with E-state index in [-0.39, 0.29) is 5.69 Å². The number of nitrogens with zero attached hydrogens (tertiary/aromatic N) is 6. The van der Waals surface area contributed by atoms with Gasteiger partial charge in [0, 0.05) is 30.9 Å². The van der Waals surface area contributed by atoms with Crippen LogP contribution in [0.1, 0.15) is 23.6 Å². The van der Waals surface area contributed by atoms with Crippen LogP contribution in [0.15, 0.2) is 53.5 Å². The summed E-state index contributed by atoms with van der Waals surface area (Å²) >= 11 is 0. The van der Waals surface area contributed by atoms with Crippen LogP contribution in [-0.4, -0.2) is 29.6 Å². The van der Waals surface area contributed by atoms with Crippen molar-refractivity contribution in [1.82, 2.24) is 29.6 Å². The molecule has 0 atom stereocenters. The zero-order valence-electron chi connectivity index (χ0n) is 17.5. The molecule has 0 saturated heterocycles. The van der Waals surface area contributed by atoms with Gasteiger partial charge in [0.2, 0.25) is 0 Å². The molecule has 0 spiro atoms. The van der Waals surface area contributed by atoms with Gasteiger partial charge in [-0.1, -0.05) is 12.1 Å². The Morgan fingerprint density at radius 1 is 1.03 bits per heavy atom. The summed E-state index contributed by atoms with van der Waals surface area (Å²) in [6.45, 7) is 7.22. The minimum atomic E-state index is -0.297. The molecule has 0 amide bonds. The maximum absolute atomic E-state index is 12.3. The van der Waals surface area contributed by atoms with Crippen LogP contribution in [0, 0.1) is 13.8 Å². The second-order valence-electron chi connectivity index (χ2n) is 7.20. The summed E-state index contributed by atoms with van der Waals surface area (Å²) in [7, 11) is 1.58. The van der Waals surface area contributed by atoms with E-state index in [0.717, 1.165) is 40.2 Å². The Balaban J connectivity index is 1.60. The van der Waals surface area contributed by atoms with Crippen molar-refractivity contribution < 1.29 is 4.74 Å². The highest BCUT2D eigenvalue weighted by atomic mass is 16.5. The predicted molar refractivity (Wildman–Crippen MR) is 114 cm³/mol. The first-order valence-corrected chi connectivity index (χ1v) is 9.83. The van der Waals surface area contributed by atoms with E-state index >= 15 is 0 Å². The first-order valence-electron chi connectivity index (χ1n) is 9.83. The lowest BCUT2D eigenvalue weighted by Crippen LogP contribution is -2.23. The molecule has 0 aliphatic carbocycles. The summed E-state index contributed by atoms with van der Waals surface area (Å²) in [5, 5.41) is 12.3. The topological polar surface area (TPSA) is 79.8 Å². The molecule has 4 aromatic rings. The molecule has 0 bridgehead atoms. The van der Waals surface area contributed by atoms with E-state index in [1.807, 2.05) is 61.1 Å². The second-order valence-corrected chi connectivity index (χ2v) is 7.20. The Morgan fingerprint density at radius 2 is 1.87 bits per heavy atom. The monoisotopic (exact) mass is 404 g/mol. The average Bonchev–Trinajstić information content (AvgIpc) is 3.35. The summed E-state index contributed by atoms with van der Waals surface area (Å²) < 4.78 is 10.5. The summed E-state index contributed by atoms with van der Waals surface area (Å²) in [6.07, 6.45) is 1.98. The van der Waals surface area contributed by atoms with Crippen molar-refractivity contribution in [3.05, 3.63) is 75.8 Å². The minimum absolute atomic E-state index is 0.297. The highest BCUT2D eigenvalue weighted by Crippen LogP contribution is 2.27. The van der Waals surface area contributed by atoms with Gasteiger partial charge in [-0.3, -0.25) is 4.68 Å². The van der Waals surface area contributed by atoms with Gasteiger partial charge < -0.3 is 4.74 Å². The molecule has 0 radical (unpaired) electrons. The highest BCUT2D eigenvalue weighted by Gasteiger charge is 2.14. The number of aromatic nitrogens is 6. The number of tetrazole rings is 1. The lowest BCUT2D eigenvalue weighted by Gasteiger charge is -2.14. The van der Waals surface area contributed by atoms with Gasteiger partial charge in [-0.2, -0.15) is 14.5 Å². The fourth-order valence-electron chi connectivity index (χ4n) is 3.35. The first-order chi connectivity index (χ1) is 14.5. The fraction of sp³-hybridized carbons (Fsp3) is 0.273. The SMILES string of the molecule is CCn1ccc(-c2ccc(OCc3c(C)cccc3-n3nnn(C)c3=O)c(C)c2)n1. The lowest BCUT2D eigenvalue weighted by molar-refractivity contribution is 0.302. The molecule has 0 unspecified atom stereocenters. The van der Waals surface area contributed by atoms with E-state index in [1.165, 1.54) is 9.36 Å². The van der Waals surface area contributed by atoms with Crippen LogP contribution in [-0.2, 0) is 20.2 Å². The maximum atomic E-state index is 12.3. The van der Waals surface area contributed by atoms with Gasteiger partial charge in [-0.15, -0.1) is 0 Å². The van der Waals surface area contributed by atoms with E-state index in [0.29, 0.717) is 12.3 Å². The molecule has 8 nitrogen and oxygen atoms in total. The Kier molecular flexibility index (Phi) is 5.22. The van der Waals surface area contributed by atoms with E-state index in [1.54, 1.807) is 7.05 Å². The minimum Gasteiger partial charge on any atom is -0.489 e. The molecule has 0 aliphatic heterocycles. The van der Waals surface area contributed by atoms with Gasteiger partial charge in [0.05, 0.1) is 11.4 Å². The summed E-state index contributed by atoms with van der Waals surface area (Å²) in [5.41, 5.74) is 5.30. The van der Waals surface area contributed by atoms with E-state index in [2.05, 4.69) is 28.5 Å². The smallest absolute Gasteiger partial charge is 0.368 e. The molecule has 8 heteroatoms. The molecular weight excluding hydrogens is 380 g/mol. The van der Waals surface area contributed by atoms with Crippen LogP contribution >= 0.6 is 0 Å². The normalized spacial score (nSPS) is 11.1.